The van der Waals surface area contributed by atoms with Gasteiger partial charge in [-0.2, -0.15) is 0 Å². The number of methoxy groups -OCH3 is 2. The van der Waals surface area contributed by atoms with Crippen LogP contribution >= 0.6 is 0 Å². The Hall–Kier alpha value is -1.97. The number of nitrogens with one attached hydrogen (secondary N) is 1. The standard InChI is InChI=1S/C13H16N2O2/c1-8-13(15-9(2)14-8)10-5-11(16-3)7-12(6-10)17-4/h5-7H,1-4H3,(H,14,15). The molecule has 1 aromatic heterocycles. The molecule has 0 bridgehead atoms. The van der Waals surface area contributed by atoms with E-state index in [1.54, 1.807) is 14.2 Å². The highest BCUT2D eigenvalue weighted by Crippen LogP contribution is 2.30. The summed E-state index contributed by atoms with van der Waals surface area (Å²) >= 11 is 0. The first-order valence-electron chi connectivity index (χ1n) is 5.40. The molecule has 90 valence electrons. The summed E-state index contributed by atoms with van der Waals surface area (Å²) in [6.45, 7) is 3.94. The van der Waals surface area contributed by atoms with E-state index >= 15 is 0 Å². The van der Waals surface area contributed by atoms with Gasteiger partial charge in [0.25, 0.3) is 0 Å². The quantitative estimate of drug-likeness (QED) is 0.885. The van der Waals surface area contributed by atoms with Crippen molar-refractivity contribution >= 4 is 0 Å². The van der Waals surface area contributed by atoms with E-state index in [-0.39, 0.29) is 0 Å². The van der Waals surface area contributed by atoms with Gasteiger partial charge in [0.2, 0.25) is 0 Å². The molecule has 1 aromatic carbocycles. The van der Waals surface area contributed by atoms with Crippen LogP contribution in [0.5, 0.6) is 11.5 Å². The Morgan fingerprint density at radius 1 is 1.00 bits per heavy atom. The Morgan fingerprint density at radius 3 is 2.00 bits per heavy atom. The smallest absolute Gasteiger partial charge is 0.123 e. The van der Waals surface area contributed by atoms with Gasteiger partial charge in [0.05, 0.1) is 19.9 Å². The van der Waals surface area contributed by atoms with E-state index in [0.717, 1.165) is 34.3 Å². The van der Waals surface area contributed by atoms with Crippen LogP contribution in [0, 0.1) is 13.8 Å². The van der Waals surface area contributed by atoms with Crippen LogP contribution in [0.2, 0.25) is 0 Å². The molecule has 1 N–H and O–H groups in total. The van der Waals surface area contributed by atoms with Crippen LogP contribution in [0.4, 0.5) is 0 Å². The molecule has 0 saturated carbocycles. The maximum absolute atomic E-state index is 5.25. The number of aromatic amines is 1. The van der Waals surface area contributed by atoms with Crippen molar-refractivity contribution in [3.05, 3.63) is 29.7 Å². The van der Waals surface area contributed by atoms with Crippen LogP contribution in [-0.4, -0.2) is 24.2 Å². The summed E-state index contributed by atoms with van der Waals surface area (Å²) in [4.78, 5) is 7.65. The van der Waals surface area contributed by atoms with E-state index < -0.39 is 0 Å². The first-order chi connectivity index (χ1) is 8.13. The molecule has 4 nitrogen and oxygen atoms in total. The van der Waals surface area contributed by atoms with Crippen molar-refractivity contribution in [2.45, 2.75) is 13.8 Å². The van der Waals surface area contributed by atoms with E-state index in [1.807, 2.05) is 32.0 Å². The van der Waals surface area contributed by atoms with Crippen LogP contribution in [0.15, 0.2) is 18.2 Å². The third-order valence-electron chi connectivity index (χ3n) is 2.63. The van der Waals surface area contributed by atoms with E-state index in [2.05, 4.69) is 9.97 Å². The lowest BCUT2D eigenvalue weighted by atomic mass is 10.1. The van der Waals surface area contributed by atoms with Crippen molar-refractivity contribution in [1.29, 1.82) is 0 Å². The fraction of sp³-hybridized carbons (Fsp3) is 0.308. The summed E-state index contributed by atoms with van der Waals surface area (Å²) < 4.78 is 10.5. The number of rotatable bonds is 3. The predicted molar refractivity (Wildman–Crippen MR) is 66.6 cm³/mol. The van der Waals surface area contributed by atoms with Crippen molar-refractivity contribution in [2.24, 2.45) is 0 Å². The predicted octanol–water partition coefficient (Wildman–Crippen LogP) is 2.71. The van der Waals surface area contributed by atoms with Crippen LogP contribution in [-0.2, 0) is 0 Å². The van der Waals surface area contributed by atoms with Crippen molar-refractivity contribution < 1.29 is 9.47 Å². The highest BCUT2D eigenvalue weighted by molar-refractivity contribution is 5.66. The minimum Gasteiger partial charge on any atom is -0.497 e. The summed E-state index contributed by atoms with van der Waals surface area (Å²) in [6.07, 6.45) is 0. The van der Waals surface area contributed by atoms with Gasteiger partial charge in [-0.3, -0.25) is 0 Å². The average Bonchev–Trinajstić information content (AvgIpc) is 2.67. The van der Waals surface area contributed by atoms with Gasteiger partial charge in [-0.05, 0) is 26.0 Å². The first kappa shape index (κ1) is 11.5. The second-order valence-corrected chi connectivity index (χ2v) is 3.90. The lowest BCUT2D eigenvalue weighted by Crippen LogP contribution is -1.90. The first-order valence-corrected chi connectivity index (χ1v) is 5.40. The Morgan fingerprint density at radius 2 is 1.59 bits per heavy atom. The second-order valence-electron chi connectivity index (χ2n) is 3.90. The van der Waals surface area contributed by atoms with Gasteiger partial charge >= 0.3 is 0 Å². The van der Waals surface area contributed by atoms with E-state index in [1.165, 1.54) is 0 Å². The summed E-state index contributed by atoms with van der Waals surface area (Å²) in [5.74, 6) is 2.43. The molecule has 0 spiro atoms. The molecule has 0 aliphatic heterocycles. The van der Waals surface area contributed by atoms with Gasteiger partial charge in [-0.25, -0.2) is 4.98 Å². The summed E-state index contributed by atoms with van der Waals surface area (Å²) in [5.41, 5.74) is 2.96. The zero-order chi connectivity index (χ0) is 12.4. The van der Waals surface area contributed by atoms with Crippen molar-refractivity contribution in [3.8, 4) is 22.8 Å². The molecule has 0 fully saturated rings. The van der Waals surface area contributed by atoms with E-state index in [4.69, 9.17) is 9.47 Å². The number of imidazole rings is 1. The van der Waals surface area contributed by atoms with Gasteiger partial charge in [0, 0.05) is 17.3 Å². The monoisotopic (exact) mass is 232 g/mol. The number of aromatic nitrogens is 2. The lowest BCUT2D eigenvalue weighted by molar-refractivity contribution is 0.394. The lowest BCUT2D eigenvalue weighted by Gasteiger charge is -2.07. The van der Waals surface area contributed by atoms with Crippen LogP contribution in [0.3, 0.4) is 0 Å². The number of H-pyrrole nitrogens is 1. The maximum Gasteiger partial charge on any atom is 0.123 e. The molecule has 0 amide bonds. The van der Waals surface area contributed by atoms with Gasteiger partial charge in [-0.1, -0.05) is 0 Å². The molecule has 0 atom stereocenters. The van der Waals surface area contributed by atoms with Gasteiger partial charge in [0.1, 0.15) is 17.3 Å². The molecule has 4 heteroatoms. The Kier molecular flexibility index (Phi) is 3.04. The number of aryl methyl sites for hydroxylation is 2. The molecule has 17 heavy (non-hydrogen) atoms. The SMILES string of the molecule is COc1cc(OC)cc(-c2nc(C)[nH]c2C)c1. The molecular weight excluding hydrogens is 216 g/mol. The Labute approximate surface area is 101 Å². The van der Waals surface area contributed by atoms with Crippen LogP contribution in [0.25, 0.3) is 11.3 Å². The number of hydrogen-bond acceptors (Lipinski definition) is 3. The van der Waals surface area contributed by atoms with Crippen molar-refractivity contribution in [1.82, 2.24) is 9.97 Å². The molecule has 0 radical (unpaired) electrons. The second kappa shape index (κ2) is 4.49. The minimum absolute atomic E-state index is 0.763. The van der Waals surface area contributed by atoms with E-state index in [0.29, 0.717) is 0 Å². The molecular formula is C13H16N2O2. The third-order valence-corrected chi connectivity index (χ3v) is 2.63. The number of benzene rings is 1. The zero-order valence-corrected chi connectivity index (χ0v) is 10.5. The molecule has 0 saturated heterocycles. The Balaban J connectivity index is 2.54. The van der Waals surface area contributed by atoms with Gasteiger partial charge in [-0.15, -0.1) is 0 Å². The van der Waals surface area contributed by atoms with Crippen LogP contribution < -0.4 is 9.47 Å². The Bertz CT molecular complexity index is 510. The summed E-state index contributed by atoms with van der Waals surface area (Å²) in [5, 5.41) is 0. The molecule has 1 heterocycles. The number of nitrogens with zero attached hydrogens (tertiary/aromatic N) is 1. The van der Waals surface area contributed by atoms with Gasteiger partial charge in [0.15, 0.2) is 0 Å². The largest absolute Gasteiger partial charge is 0.497 e. The minimum atomic E-state index is 0.763. The zero-order valence-electron chi connectivity index (χ0n) is 10.5. The topological polar surface area (TPSA) is 47.1 Å². The third kappa shape index (κ3) is 2.25. The molecule has 2 rings (SSSR count). The highest BCUT2D eigenvalue weighted by Gasteiger charge is 2.10. The van der Waals surface area contributed by atoms with Crippen molar-refractivity contribution in [3.63, 3.8) is 0 Å². The fourth-order valence-electron chi connectivity index (χ4n) is 1.84. The summed E-state index contributed by atoms with van der Waals surface area (Å²) in [6, 6.07) is 5.74. The normalized spacial score (nSPS) is 10.4. The highest BCUT2D eigenvalue weighted by atomic mass is 16.5. The molecule has 0 aliphatic rings. The number of hydrogen-bond donors (Lipinski definition) is 1. The molecule has 0 unspecified atom stereocenters. The van der Waals surface area contributed by atoms with Crippen LogP contribution in [0.1, 0.15) is 11.5 Å². The average molecular weight is 232 g/mol. The summed E-state index contributed by atoms with van der Waals surface area (Å²) in [7, 11) is 3.28. The van der Waals surface area contributed by atoms with Gasteiger partial charge < -0.3 is 14.5 Å². The molecule has 2 aromatic rings. The van der Waals surface area contributed by atoms with E-state index in [9.17, 15) is 0 Å². The fourth-order valence-corrected chi connectivity index (χ4v) is 1.84. The van der Waals surface area contributed by atoms with Crippen molar-refractivity contribution in [2.75, 3.05) is 14.2 Å². The number of ether oxygens (including phenoxy) is 2. The maximum atomic E-state index is 5.25. The molecule has 0 aliphatic carbocycles.